The van der Waals surface area contributed by atoms with E-state index in [1.807, 2.05) is 12.1 Å². The molecule has 0 atom stereocenters. The summed E-state index contributed by atoms with van der Waals surface area (Å²) in [5, 5.41) is 0. The number of hydrogen-bond donors (Lipinski definition) is 0. The Morgan fingerprint density at radius 3 is 2.64 bits per heavy atom. The molecule has 0 saturated heterocycles. The summed E-state index contributed by atoms with van der Waals surface area (Å²) in [7, 11) is 0. The molecule has 1 aromatic carbocycles. The third-order valence-electron chi connectivity index (χ3n) is 2.61. The minimum Gasteiger partial charge on any atom is -0.465 e. The zero-order valence-corrected chi connectivity index (χ0v) is 7.73. The molecule has 2 aromatic rings. The first-order chi connectivity index (χ1) is 6.93. The van der Waals surface area contributed by atoms with E-state index in [9.17, 15) is 0 Å². The second-order valence-electron chi connectivity index (χ2n) is 3.52. The summed E-state index contributed by atoms with van der Waals surface area (Å²) in [5.74, 6) is 1.02. The summed E-state index contributed by atoms with van der Waals surface area (Å²) in [6.07, 6.45) is 4.88. The fourth-order valence-electron chi connectivity index (χ4n) is 1.87. The number of allylic oxidation sites excluding steroid dienone is 1. The normalized spacial score (nSPS) is 13.9. The highest BCUT2D eigenvalue weighted by atomic mass is 16.3. The average Bonchev–Trinajstić information content (AvgIpc) is 2.78. The SMILES string of the molecule is C1=C(c2ccccc2)Cc2ccoc21. The molecule has 1 aromatic heterocycles. The second kappa shape index (κ2) is 2.88. The Labute approximate surface area is 82.7 Å². The molecule has 0 saturated carbocycles. The lowest BCUT2D eigenvalue weighted by Crippen LogP contribution is -1.82. The Bertz CT molecular complexity index is 477. The molecule has 0 fully saturated rings. The molecule has 1 heteroatoms. The maximum Gasteiger partial charge on any atom is 0.130 e. The lowest BCUT2D eigenvalue weighted by atomic mass is 10.0. The molecule has 1 aliphatic carbocycles. The van der Waals surface area contributed by atoms with Crippen molar-refractivity contribution in [2.24, 2.45) is 0 Å². The second-order valence-corrected chi connectivity index (χ2v) is 3.52. The van der Waals surface area contributed by atoms with Gasteiger partial charge in [0.1, 0.15) is 5.76 Å². The number of rotatable bonds is 1. The van der Waals surface area contributed by atoms with Crippen LogP contribution in [0.15, 0.2) is 47.1 Å². The number of fused-ring (bicyclic) bond motifs is 1. The van der Waals surface area contributed by atoms with Crippen molar-refractivity contribution >= 4 is 11.6 Å². The summed E-state index contributed by atoms with van der Waals surface area (Å²) in [6, 6.07) is 12.5. The van der Waals surface area contributed by atoms with E-state index in [0.29, 0.717) is 0 Å². The van der Waals surface area contributed by atoms with E-state index < -0.39 is 0 Å². The maximum atomic E-state index is 5.35. The van der Waals surface area contributed by atoms with Crippen LogP contribution in [0.1, 0.15) is 16.9 Å². The Hall–Kier alpha value is -1.76. The van der Waals surface area contributed by atoms with Crippen LogP contribution >= 0.6 is 0 Å². The summed E-state index contributed by atoms with van der Waals surface area (Å²) < 4.78 is 5.35. The van der Waals surface area contributed by atoms with Gasteiger partial charge in [-0.25, -0.2) is 0 Å². The summed E-state index contributed by atoms with van der Waals surface area (Å²) >= 11 is 0. The molecule has 0 spiro atoms. The molecule has 0 unspecified atom stereocenters. The quantitative estimate of drug-likeness (QED) is 0.659. The predicted octanol–water partition coefficient (Wildman–Crippen LogP) is 3.38. The Balaban J connectivity index is 2.02. The zero-order chi connectivity index (χ0) is 9.38. The fourth-order valence-corrected chi connectivity index (χ4v) is 1.87. The molecule has 3 rings (SSSR count). The highest BCUT2D eigenvalue weighted by Crippen LogP contribution is 2.31. The number of benzene rings is 1. The molecular formula is C13H10O. The van der Waals surface area contributed by atoms with Crippen molar-refractivity contribution in [3.8, 4) is 0 Å². The van der Waals surface area contributed by atoms with E-state index in [1.165, 1.54) is 16.7 Å². The Morgan fingerprint density at radius 1 is 1.00 bits per heavy atom. The van der Waals surface area contributed by atoms with Crippen molar-refractivity contribution in [3.05, 3.63) is 59.5 Å². The molecule has 68 valence electrons. The molecular weight excluding hydrogens is 172 g/mol. The van der Waals surface area contributed by atoms with Crippen LogP contribution in [-0.2, 0) is 6.42 Å². The van der Waals surface area contributed by atoms with E-state index in [1.54, 1.807) is 6.26 Å². The average molecular weight is 182 g/mol. The van der Waals surface area contributed by atoms with Crippen molar-refractivity contribution in [2.75, 3.05) is 0 Å². The lowest BCUT2D eigenvalue weighted by molar-refractivity contribution is 0.556. The molecule has 0 aliphatic heterocycles. The van der Waals surface area contributed by atoms with Crippen LogP contribution in [-0.4, -0.2) is 0 Å². The Morgan fingerprint density at radius 2 is 1.86 bits per heavy atom. The molecule has 0 bridgehead atoms. The zero-order valence-electron chi connectivity index (χ0n) is 7.73. The molecule has 1 heterocycles. The first-order valence-corrected chi connectivity index (χ1v) is 4.76. The van der Waals surface area contributed by atoms with Crippen LogP contribution in [0.4, 0.5) is 0 Å². The van der Waals surface area contributed by atoms with Gasteiger partial charge < -0.3 is 4.42 Å². The van der Waals surface area contributed by atoms with Gasteiger partial charge in [0.05, 0.1) is 6.26 Å². The standard InChI is InChI=1S/C13H10O/c1-2-4-10(5-3-1)12-8-11-6-7-14-13(11)9-12/h1-7,9H,8H2. The van der Waals surface area contributed by atoms with Crippen molar-refractivity contribution < 1.29 is 4.42 Å². The van der Waals surface area contributed by atoms with Crippen molar-refractivity contribution in [2.45, 2.75) is 6.42 Å². The van der Waals surface area contributed by atoms with Crippen LogP contribution in [0, 0.1) is 0 Å². The molecule has 1 nitrogen and oxygen atoms in total. The maximum absolute atomic E-state index is 5.35. The van der Waals surface area contributed by atoms with Gasteiger partial charge in [-0.1, -0.05) is 30.3 Å². The molecule has 0 N–H and O–H groups in total. The van der Waals surface area contributed by atoms with Crippen LogP contribution in [0.25, 0.3) is 11.6 Å². The molecule has 1 aliphatic rings. The van der Waals surface area contributed by atoms with Gasteiger partial charge in [0, 0.05) is 12.0 Å². The number of furan rings is 1. The molecule has 0 amide bonds. The smallest absolute Gasteiger partial charge is 0.130 e. The van der Waals surface area contributed by atoms with Gasteiger partial charge in [-0.15, -0.1) is 0 Å². The van der Waals surface area contributed by atoms with Gasteiger partial charge >= 0.3 is 0 Å². The van der Waals surface area contributed by atoms with Gasteiger partial charge in [-0.05, 0) is 23.3 Å². The summed E-state index contributed by atoms with van der Waals surface area (Å²) in [5.41, 5.74) is 3.93. The van der Waals surface area contributed by atoms with E-state index in [2.05, 4.69) is 30.3 Å². The minimum atomic E-state index is 0.996. The topological polar surface area (TPSA) is 13.1 Å². The van der Waals surface area contributed by atoms with Crippen molar-refractivity contribution in [1.29, 1.82) is 0 Å². The largest absolute Gasteiger partial charge is 0.465 e. The minimum absolute atomic E-state index is 0.996. The van der Waals surface area contributed by atoms with Crippen LogP contribution in [0.2, 0.25) is 0 Å². The highest BCUT2D eigenvalue weighted by Gasteiger charge is 2.15. The highest BCUT2D eigenvalue weighted by molar-refractivity contribution is 5.86. The Kier molecular flexibility index (Phi) is 1.57. The summed E-state index contributed by atoms with van der Waals surface area (Å²) in [4.78, 5) is 0. The van der Waals surface area contributed by atoms with Crippen molar-refractivity contribution in [1.82, 2.24) is 0 Å². The first kappa shape index (κ1) is 7.63. The van der Waals surface area contributed by atoms with Gasteiger partial charge in [0.25, 0.3) is 0 Å². The van der Waals surface area contributed by atoms with Gasteiger partial charge in [0.15, 0.2) is 0 Å². The summed E-state index contributed by atoms with van der Waals surface area (Å²) in [6.45, 7) is 0. The van der Waals surface area contributed by atoms with Crippen LogP contribution in [0.5, 0.6) is 0 Å². The predicted molar refractivity (Wildman–Crippen MR) is 56.7 cm³/mol. The first-order valence-electron chi connectivity index (χ1n) is 4.76. The fraction of sp³-hybridized carbons (Fsp3) is 0.0769. The lowest BCUT2D eigenvalue weighted by Gasteiger charge is -1.99. The van der Waals surface area contributed by atoms with Gasteiger partial charge in [0.2, 0.25) is 0 Å². The third kappa shape index (κ3) is 1.10. The molecule has 0 radical (unpaired) electrons. The van der Waals surface area contributed by atoms with E-state index in [-0.39, 0.29) is 0 Å². The monoisotopic (exact) mass is 182 g/mol. The molecule has 14 heavy (non-hydrogen) atoms. The van der Waals surface area contributed by atoms with Crippen LogP contribution in [0.3, 0.4) is 0 Å². The van der Waals surface area contributed by atoms with Gasteiger partial charge in [-0.3, -0.25) is 0 Å². The van der Waals surface area contributed by atoms with Crippen LogP contribution < -0.4 is 0 Å². The van der Waals surface area contributed by atoms with Gasteiger partial charge in [-0.2, -0.15) is 0 Å². The van der Waals surface area contributed by atoms with Crippen molar-refractivity contribution in [3.63, 3.8) is 0 Å². The van der Waals surface area contributed by atoms with E-state index in [4.69, 9.17) is 4.42 Å². The van der Waals surface area contributed by atoms with E-state index >= 15 is 0 Å². The van der Waals surface area contributed by atoms with E-state index in [0.717, 1.165) is 12.2 Å². The number of hydrogen-bond acceptors (Lipinski definition) is 1. The third-order valence-corrected chi connectivity index (χ3v) is 2.61.